The predicted octanol–water partition coefficient (Wildman–Crippen LogP) is 1.41. The molecule has 0 unspecified atom stereocenters. The molecule has 0 saturated carbocycles. The normalized spacial score (nSPS) is 20.8. The van der Waals surface area contributed by atoms with Crippen molar-refractivity contribution in [1.29, 1.82) is 0 Å². The third-order valence-electron chi connectivity index (χ3n) is 2.51. The maximum atomic E-state index is 10.0. The molecule has 0 amide bonds. The number of hydrogen-bond acceptors (Lipinski definition) is 3. The molecule has 1 fully saturated rings. The van der Waals surface area contributed by atoms with Crippen LogP contribution in [0.5, 0.6) is 0 Å². The molecule has 16 heavy (non-hydrogen) atoms. The van der Waals surface area contributed by atoms with Gasteiger partial charge in [-0.3, -0.25) is 4.79 Å². The highest BCUT2D eigenvalue weighted by molar-refractivity contribution is 5.74. The molecule has 3 nitrogen and oxygen atoms in total. The molecule has 0 bridgehead atoms. The van der Waals surface area contributed by atoms with Crippen LogP contribution >= 0.6 is 0 Å². The van der Waals surface area contributed by atoms with Crippen molar-refractivity contribution in [2.24, 2.45) is 0 Å². The Morgan fingerprint density at radius 3 is 2.44 bits per heavy atom. The Balaban J connectivity index is 0.000000160. The van der Waals surface area contributed by atoms with Crippen molar-refractivity contribution in [3.05, 3.63) is 35.9 Å². The number of rotatable bonds is 1. The van der Waals surface area contributed by atoms with Gasteiger partial charge < -0.3 is 10.2 Å². The van der Waals surface area contributed by atoms with E-state index >= 15 is 0 Å². The molecule has 1 atom stereocenters. The van der Waals surface area contributed by atoms with Gasteiger partial charge in [-0.25, -0.2) is 0 Å². The van der Waals surface area contributed by atoms with Gasteiger partial charge in [0.15, 0.2) is 0 Å². The standard InChI is InChI=1S/C7H6O.C6H14N2/c8-6-7-4-2-1-3-5-7;1-6-5-8(2)4-3-7-6/h1-6H;6-7H,3-5H2,1-2H3/t;6-/m.1/s1. The summed E-state index contributed by atoms with van der Waals surface area (Å²) >= 11 is 0. The van der Waals surface area contributed by atoms with Gasteiger partial charge in [-0.15, -0.1) is 0 Å². The summed E-state index contributed by atoms with van der Waals surface area (Å²) in [5.74, 6) is 0. The molecule has 1 aromatic rings. The summed E-state index contributed by atoms with van der Waals surface area (Å²) in [6.45, 7) is 5.76. The highest BCUT2D eigenvalue weighted by atomic mass is 16.1. The third-order valence-corrected chi connectivity index (χ3v) is 2.51. The molecular formula is C13H20N2O. The van der Waals surface area contributed by atoms with E-state index in [0.29, 0.717) is 6.04 Å². The molecule has 1 aliphatic rings. The van der Waals surface area contributed by atoms with Crippen LogP contribution in [0.1, 0.15) is 17.3 Å². The number of piperazine rings is 1. The second-order valence-corrected chi connectivity index (χ2v) is 4.15. The van der Waals surface area contributed by atoms with E-state index in [0.717, 1.165) is 18.4 Å². The van der Waals surface area contributed by atoms with Gasteiger partial charge in [0.1, 0.15) is 6.29 Å². The van der Waals surface area contributed by atoms with Crippen molar-refractivity contribution in [2.75, 3.05) is 26.7 Å². The molecule has 2 rings (SSSR count). The van der Waals surface area contributed by atoms with Gasteiger partial charge in [-0.2, -0.15) is 0 Å². The molecule has 0 aliphatic carbocycles. The fourth-order valence-corrected chi connectivity index (χ4v) is 1.66. The third kappa shape index (κ3) is 5.05. The van der Waals surface area contributed by atoms with E-state index in [9.17, 15) is 4.79 Å². The predicted molar refractivity (Wildman–Crippen MR) is 66.8 cm³/mol. The number of nitrogens with zero attached hydrogens (tertiary/aromatic N) is 1. The Morgan fingerprint density at radius 1 is 1.38 bits per heavy atom. The van der Waals surface area contributed by atoms with Crippen molar-refractivity contribution in [3.8, 4) is 0 Å². The van der Waals surface area contributed by atoms with E-state index in [-0.39, 0.29) is 0 Å². The van der Waals surface area contributed by atoms with Gasteiger partial charge in [0, 0.05) is 31.2 Å². The van der Waals surface area contributed by atoms with Crippen LogP contribution in [0.2, 0.25) is 0 Å². The van der Waals surface area contributed by atoms with Gasteiger partial charge in [-0.1, -0.05) is 30.3 Å². The summed E-state index contributed by atoms with van der Waals surface area (Å²) in [6, 6.07) is 9.79. The summed E-state index contributed by atoms with van der Waals surface area (Å²) in [5.41, 5.74) is 0.729. The topological polar surface area (TPSA) is 32.3 Å². The van der Waals surface area contributed by atoms with Gasteiger partial charge in [0.25, 0.3) is 0 Å². The summed E-state index contributed by atoms with van der Waals surface area (Å²) < 4.78 is 0. The minimum absolute atomic E-state index is 0.689. The Morgan fingerprint density at radius 2 is 2.06 bits per heavy atom. The molecule has 0 radical (unpaired) electrons. The zero-order valence-corrected chi connectivity index (χ0v) is 10.0. The quantitative estimate of drug-likeness (QED) is 0.726. The van der Waals surface area contributed by atoms with E-state index < -0.39 is 0 Å². The lowest BCUT2D eigenvalue weighted by molar-refractivity contribution is 0.112. The molecular weight excluding hydrogens is 200 g/mol. The Kier molecular flexibility index (Phi) is 5.75. The maximum absolute atomic E-state index is 10.0. The largest absolute Gasteiger partial charge is 0.312 e. The number of carbonyl (C=O) groups excluding carboxylic acids is 1. The zero-order chi connectivity index (χ0) is 11.8. The number of aldehydes is 1. The second kappa shape index (κ2) is 7.14. The minimum atomic E-state index is 0.689. The molecule has 88 valence electrons. The Labute approximate surface area is 97.5 Å². The number of hydrogen-bond donors (Lipinski definition) is 1. The van der Waals surface area contributed by atoms with Crippen LogP contribution in [0.3, 0.4) is 0 Å². The summed E-state index contributed by atoms with van der Waals surface area (Å²) in [4.78, 5) is 12.4. The minimum Gasteiger partial charge on any atom is -0.312 e. The van der Waals surface area contributed by atoms with Crippen molar-refractivity contribution < 1.29 is 4.79 Å². The smallest absolute Gasteiger partial charge is 0.150 e. The van der Waals surface area contributed by atoms with Crippen LogP contribution in [0.15, 0.2) is 30.3 Å². The molecule has 0 aromatic heterocycles. The number of benzene rings is 1. The number of carbonyl (C=O) groups is 1. The first-order chi connectivity index (χ1) is 7.72. The maximum Gasteiger partial charge on any atom is 0.150 e. The van der Waals surface area contributed by atoms with Gasteiger partial charge in [0.05, 0.1) is 0 Å². The van der Waals surface area contributed by atoms with Gasteiger partial charge in [-0.05, 0) is 14.0 Å². The van der Waals surface area contributed by atoms with Crippen LogP contribution in [-0.2, 0) is 0 Å². The first-order valence-corrected chi connectivity index (χ1v) is 5.64. The van der Waals surface area contributed by atoms with Gasteiger partial charge >= 0.3 is 0 Å². The summed E-state index contributed by atoms with van der Waals surface area (Å²) in [5, 5.41) is 3.37. The zero-order valence-electron chi connectivity index (χ0n) is 10.0. The average Bonchev–Trinajstić information content (AvgIpc) is 2.31. The summed E-state index contributed by atoms with van der Waals surface area (Å²) in [7, 11) is 2.16. The van der Waals surface area contributed by atoms with Gasteiger partial charge in [0.2, 0.25) is 0 Å². The molecule has 1 N–H and O–H groups in total. The van der Waals surface area contributed by atoms with E-state index in [1.165, 1.54) is 13.1 Å². The second-order valence-electron chi connectivity index (χ2n) is 4.15. The van der Waals surface area contributed by atoms with E-state index in [2.05, 4.69) is 24.2 Å². The fourth-order valence-electron chi connectivity index (χ4n) is 1.66. The molecule has 1 aliphatic heterocycles. The Hall–Kier alpha value is -1.19. The number of nitrogens with one attached hydrogen (secondary N) is 1. The fraction of sp³-hybridized carbons (Fsp3) is 0.462. The lowest BCUT2D eigenvalue weighted by Crippen LogP contribution is -2.47. The van der Waals surface area contributed by atoms with Crippen molar-refractivity contribution in [1.82, 2.24) is 10.2 Å². The Bertz CT molecular complexity index is 292. The highest BCUT2D eigenvalue weighted by Gasteiger charge is 2.09. The van der Waals surface area contributed by atoms with E-state index in [4.69, 9.17) is 0 Å². The lowest BCUT2D eigenvalue weighted by Gasteiger charge is -2.28. The molecule has 3 heteroatoms. The van der Waals surface area contributed by atoms with Crippen LogP contribution in [-0.4, -0.2) is 43.9 Å². The first-order valence-electron chi connectivity index (χ1n) is 5.64. The van der Waals surface area contributed by atoms with Crippen LogP contribution in [0, 0.1) is 0 Å². The SMILES string of the molecule is C[C@@H]1CN(C)CCN1.O=Cc1ccccc1. The van der Waals surface area contributed by atoms with Crippen LogP contribution in [0.4, 0.5) is 0 Å². The van der Waals surface area contributed by atoms with E-state index in [1.54, 1.807) is 12.1 Å². The lowest BCUT2D eigenvalue weighted by atomic mass is 10.2. The average molecular weight is 220 g/mol. The van der Waals surface area contributed by atoms with Crippen LogP contribution < -0.4 is 5.32 Å². The van der Waals surface area contributed by atoms with Crippen molar-refractivity contribution >= 4 is 6.29 Å². The molecule has 1 heterocycles. The molecule has 1 aromatic carbocycles. The monoisotopic (exact) mass is 220 g/mol. The molecule has 1 saturated heterocycles. The molecule has 0 spiro atoms. The summed E-state index contributed by atoms with van der Waals surface area (Å²) in [6.07, 6.45) is 0.833. The first kappa shape index (κ1) is 12.9. The highest BCUT2D eigenvalue weighted by Crippen LogP contribution is 1.92. The van der Waals surface area contributed by atoms with Crippen molar-refractivity contribution in [3.63, 3.8) is 0 Å². The van der Waals surface area contributed by atoms with E-state index in [1.807, 2.05) is 18.2 Å². The van der Waals surface area contributed by atoms with Crippen LogP contribution in [0.25, 0.3) is 0 Å². The van der Waals surface area contributed by atoms with Crippen molar-refractivity contribution in [2.45, 2.75) is 13.0 Å². The number of likely N-dealkylation sites (N-methyl/N-ethyl adjacent to an activating group) is 1.